The molecular formula is C10H20N2O. The third-order valence-corrected chi connectivity index (χ3v) is 3.22. The molecule has 2 N–H and O–H groups in total. The third-order valence-electron chi connectivity index (χ3n) is 3.22. The maximum Gasteiger partial charge on any atom is 0.143 e. The molecule has 0 aromatic heterocycles. The Morgan fingerprint density at radius 1 is 1.69 bits per heavy atom. The van der Waals surface area contributed by atoms with E-state index in [0.29, 0.717) is 19.0 Å². The Bertz CT molecular complexity index is 205. The molecule has 1 aliphatic rings. The molecule has 0 aromatic carbocycles. The zero-order chi connectivity index (χ0) is 10.1. The molecule has 1 rings (SSSR count). The van der Waals surface area contributed by atoms with E-state index in [4.69, 9.17) is 5.73 Å². The fraction of sp³-hybridized carbons (Fsp3) is 0.900. The first-order chi connectivity index (χ1) is 5.98. The van der Waals surface area contributed by atoms with Gasteiger partial charge in [-0.2, -0.15) is 0 Å². The Morgan fingerprint density at radius 3 is 2.69 bits per heavy atom. The van der Waals surface area contributed by atoms with Gasteiger partial charge in [0.2, 0.25) is 0 Å². The number of nitrogens with two attached hydrogens (primary N) is 1. The van der Waals surface area contributed by atoms with Gasteiger partial charge in [-0.3, -0.25) is 9.69 Å². The van der Waals surface area contributed by atoms with Gasteiger partial charge in [0.05, 0.1) is 6.54 Å². The molecule has 3 nitrogen and oxygen atoms in total. The van der Waals surface area contributed by atoms with Crippen LogP contribution in [0.5, 0.6) is 0 Å². The summed E-state index contributed by atoms with van der Waals surface area (Å²) >= 11 is 0. The highest BCUT2D eigenvalue weighted by Crippen LogP contribution is 2.33. The lowest BCUT2D eigenvalue weighted by Crippen LogP contribution is -2.35. The van der Waals surface area contributed by atoms with Gasteiger partial charge in [0.15, 0.2) is 0 Å². The van der Waals surface area contributed by atoms with E-state index in [1.54, 1.807) is 6.92 Å². The van der Waals surface area contributed by atoms with Crippen molar-refractivity contribution in [3.8, 4) is 0 Å². The topological polar surface area (TPSA) is 46.3 Å². The fourth-order valence-corrected chi connectivity index (χ4v) is 2.04. The van der Waals surface area contributed by atoms with Crippen molar-refractivity contribution in [1.82, 2.24) is 4.90 Å². The van der Waals surface area contributed by atoms with Crippen molar-refractivity contribution in [3.63, 3.8) is 0 Å². The summed E-state index contributed by atoms with van der Waals surface area (Å²) in [4.78, 5) is 13.1. The monoisotopic (exact) mass is 184 g/mol. The highest BCUT2D eigenvalue weighted by atomic mass is 16.1. The second-order valence-electron chi connectivity index (χ2n) is 4.63. The van der Waals surface area contributed by atoms with Crippen LogP contribution in [0.4, 0.5) is 0 Å². The van der Waals surface area contributed by atoms with Crippen molar-refractivity contribution in [2.45, 2.75) is 20.8 Å². The molecule has 1 saturated heterocycles. The minimum absolute atomic E-state index is 0.204. The van der Waals surface area contributed by atoms with Crippen molar-refractivity contribution in [3.05, 3.63) is 0 Å². The minimum atomic E-state index is 0.204. The average Bonchev–Trinajstić information content (AvgIpc) is 2.27. The first-order valence-electron chi connectivity index (χ1n) is 4.90. The normalized spacial score (nSPS) is 35.2. The molecule has 0 spiro atoms. The SMILES string of the molecule is CC(=O)CN1CC(C)C(C)(CN)C1. The molecule has 0 aromatic rings. The Hall–Kier alpha value is -0.410. The lowest BCUT2D eigenvalue weighted by Gasteiger charge is -2.26. The molecule has 0 aliphatic carbocycles. The molecule has 1 aliphatic heterocycles. The van der Waals surface area contributed by atoms with Gasteiger partial charge in [0.25, 0.3) is 0 Å². The van der Waals surface area contributed by atoms with Crippen LogP contribution in [-0.4, -0.2) is 36.9 Å². The summed E-state index contributed by atoms with van der Waals surface area (Å²) in [6.45, 7) is 9.33. The smallest absolute Gasteiger partial charge is 0.143 e. The van der Waals surface area contributed by atoms with Gasteiger partial charge < -0.3 is 5.73 Å². The van der Waals surface area contributed by atoms with Crippen LogP contribution in [0.1, 0.15) is 20.8 Å². The number of carbonyl (C=O) groups excluding carboxylic acids is 1. The zero-order valence-electron chi connectivity index (χ0n) is 8.84. The second-order valence-corrected chi connectivity index (χ2v) is 4.63. The molecule has 0 amide bonds. The molecule has 0 saturated carbocycles. The van der Waals surface area contributed by atoms with Crippen LogP contribution in [0.15, 0.2) is 0 Å². The molecule has 13 heavy (non-hydrogen) atoms. The molecule has 76 valence electrons. The predicted molar refractivity (Wildman–Crippen MR) is 53.4 cm³/mol. The highest BCUT2D eigenvalue weighted by Gasteiger charge is 2.39. The summed E-state index contributed by atoms with van der Waals surface area (Å²) in [5.41, 5.74) is 5.94. The van der Waals surface area contributed by atoms with Crippen molar-refractivity contribution >= 4 is 5.78 Å². The molecular weight excluding hydrogens is 164 g/mol. The van der Waals surface area contributed by atoms with Crippen molar-refractivity contribution < 1.29 is 4.79 Å². The number of rotatable bonds is 3. The number of hydrogen-bond donors (Lipinski definition) is 1. The number of ketones is 1. The molecule has 2 unspecified atom stereocenters. The average molecular weight is 184 g/mol. The zero-order valence-corrected chi connectivity index (χ0v) is 8.84. The standard InChI is InChI=1S/C10H20N2O/c1-8-4-12(5-9(2)13)7-10(8,3)6-11/h8H,4-7,11H2,1-3H3. The van der Waals surface area contributed by atoms with Gasteiger partial charge in [-0.25, -0.2) is 0 Å². The number of Topliss-reactive ketones (excluding diaryl/α,β-unsaturated/α-hetero) is 1. The van der Waals surface area contributed by atoms with Crippen molar-refractivity contribution in [2.24, 2.45) is 17.1 Å². The Labute approximate surface area is 80.3 Å². The fourth-order valence-electron chi connectivity index (χ4n) is 2.04. The summed E-state index contributed by atoms with van der Waals surface area (Å²) in [6, 6.07) is 0. The van der Waals surface area contributed by atoms with Gasteiger partial charge in [0, 0.05) is 13.1 Å². The molecule has 0 radical (unpaired) electrons. The van der Waals surface area contributed by atoms with E-state index in [1.165, 1.54) is 0 Å². The third kappa shape index (κ3) is 2.29. The Morgan fingerprint density at radius 2 is 2.31 bits per heavy atom. The Balaban J connectivity index is 2.54. The maximum absolute atomic E-state index is 10.9. The second kappa shape index (κ2) is 3.76. The number of likely N-dealkylation sites (tertiary alicyclic amines) is 1. The quantitative estimate of drug-likeness (QED) is 0.694. The van der Waals surface area contributed by atoms with E-state index in [-0.39, 0.29) is 11.2 Å². The van der Waals surface area contributed by atoms with Crippen LogP contribution in [-0.2, 0) is 4.79 Å². The summed E-state index contributed by atoms with van der Waals surface area (Å²) in [5.74, 6) is 0.838. The van der Waals surface area contributed by atoms with E-state index in [9.17, 15) is 4.79 Å². The molecule has 1 heterocycles. The maximum atomic E-state index is 10.9. The first kappa shape index (κ1) is 10.7. The largest absolute Gasteiger partial charge is 0.330 e. The van der Waals surface area contributed by atoms with Gasteiger partial charge in [-0.05, 0) is 24.8 Å². The summed E-state index contributed by atoms with van der Waals surface area (Å²) in [6.07, 6.45) is 0. The molecule has 3 heteroatoms. The van der Waals surface area contributed by atoms with Crippen LogP contribution in [0.25, 0.3) is 0 Å². The number of hydrogen-bond acceptors (Lipinski definition) is 3. The summed E-state index contributed by atoms with van der Waals surface area (Å²) in [7, 11) is 0. The minimum Gasteiger partial charge on any atom is -0.330 e. The van der Waals surface area contributed by atoms with Crippen LogP contribution < -0.4 is 5.73 Å². The molecule has 1 fully saturated rings. The van der Waals surface area contributed by atoms with Crippen LogP contribution in [0, 0.1) is 11.3 Å². The van der Waals surface area contributed by atoms with E-state index in [1.807, 2.05) is 0 Å². The summed E-state index contributed by atoms with van der Waals surface area (Å²) < 4.78 is 0. The lowest BCUT2D eigenvalue weighted by molar-refractivity contribution is -0.117. The lowest BCUT2D eigenvalue weighted by atomic mass is 9.81. The van der Waals surface area contributed by atoms with Crippen LogP contribution >= 0.6 is 0 Å². The number of carbonyl (C=O) groups is 1. The molecule has 2 atom stereocenters. The van der Waals surface area contributed by atoms with Gasteiger partial charge in [-0.1, -0.05) is 13.8 Å². The number of nitrogens with zero attached hydrogens (tertiary/aromatic N) is 1. The first-order valence-corrected chi connectivity index (χ1v) is 4.90. The highest BCUT2D eigenvalue weighted by molar-refractivity contribution is 5.77. The van der Waals surface area contributed by atoms with Gasteiger partial charge in [-0.15, -0.1) is 0 Å². The van der Waals surface area contributed by atoms with E-state index in [2.05, 4.69) is 18.7 Å². The van der Waals surface area contributed by atoms with E-state index < -0.39 is 0 Å². The predicted octanol–water partition coefficient (Wildman–Crippen LogP) is 0.492. The Kier molecular flexibility index (Phi) is 3.09. The van der Waals surface area contributed by atoms with Crippen LogP contribution in [0.2, 0.25) is 0 Å². The van der Waals surface area contributed by atoms with Crippen molar-refractivity contribution in [1.29, 1.82) is 0 Å². The molecule has 0 bridgehead atoms. The van der Waals surface area contributed by atoms with Crippen molar-refractivity contribution in [2.75, 3.05) is 26.2 Å². The summed E-state index contributed by atoms with van der Waals surface area (Å²) in [5, 5.41) is 0. The van der Waals surface area contributed by atoms with Gasteiger partial charge in [0.1, 0.15) is 5.78 Å². The van der Waals surface area contributed by atoms with Gasteiger partial charge >= 0.3 is 0 Å². The van der Waals surface area contributed by atoms with E-state index in [0.717, 1.165) is 13.1 Å². The van der Waals surface area contributed by atoms with E-state index >= 15 is 0 Å². The van der Waals surface area contributed by atoms with Crippen LogP contribution in [0.3, 0.4) is 0 Å².